The van der Waals surface area contributed by atoms with E-state index < -0.39 is 0 Å². The zero-order chi connectivity index (χ0) is 13.1. The van der Waals surface area contributed by atoms with Crippen LogP contribution in [-0.2, 0) is 12.8 Å². The van der Waals surface area contributed by atoms with Crippen LogP contribution in [0.2, 0.25) is 0 Å². The number of nitrogens with one attached hydrogen (secondary N) is 1. The topological polar surface area (TPSA) is 48.7 Å². The number of nitriles is 1. The molecule has 1 atom stereocenters. The van der Waals surface area contributed by atoms with Gasteiger partial charge in [-0.25, -0.2) is 4.98 Å². The van der Waals surface area contributed by atoms with Crippen molar-refractivity contribution >= 4 is 5.82 Å². The number of aryl methyl sites for hydroxylation is 2. The van der Waals surface area contributed by atoms with E-state index in [-0.39, 0.29) is 0 Å². The summed E-state index contributed by atoms with van der Waals surface area (Å²) in [5.74, 6) is 0.795. The van der Waals surface area contributed by atoms with E-state index in [1.807, 2.05) is 6.07 Å². The summed E-state index contributed by atoms with van der Waals surface area (Å²) >= 11 is 0. The molecule has 0 saturated carbocycles. The molecule has 1 unspecified atom stereocenters. The quantitative estimate of drug-likeness (QED) is 0.822. The average molecular weight is 253 g/mol. The fraction of sp³-hybridized carbons (Fsp3) is 0.500. The van der Waals surface area contributed by atoms with Gasteiger partial charge in [-0.05, 0) is 56.6 Å². The highest BCUT2D eigenvalue weighted by molar-refractivity contribution is 5.55. The molecule has 0 radical (unpaired) electrons. The minimum Gasteiger partial charge on any atom is -0.366 e. The van der Waals surface area contributed by atoms with E-state index in [4.69, 9.17) is 4.98 Å². The first kappa shape index (κ1) is 12.2. The van der Waals surface area contributed by atoms with Gasteiger partial charge in [-0.2, -0.15) is 5.26 Å². The maximum Gasteiger partial charge on any atom is 0.144 e. The van der Waals surface area contributed by atoms with Crippen molar-refractivity contribution in [2.45, 2.75) is 51.0 Å². The molecule has 98 valence electrons. The van der Waals surface area contributed by atoms with Crippen LogP contribution < -0.4 is 5.32 Å². The molecule has 1 aromatic rings. The molecule has 2 aliphatic rings. The molecule has 3 rings (SSSR count). The molecule has 0 aliphatic heterocycles. The molecule has 3 heteroatoms. The zero-order valence-electron chi connectivity index (χ0n) is 11.2. The van der Waals surface area contributed by atoms with Crippen LogP contribution in [0.5, 0.6) is 0 Å². The first-order valence-corrected chi connectivity index (χ1v) is 7.21. The molecule has 0 fully saturated rings. The Morgan fingerprint density at radius 1 is 1.26 bits per heavy atom. The second-order valence-electron chi connectivity index (χ2n) is 5.43. The summed E-state index contributed by atoms with van der Waals surface area (Å²) in [6.07, 6.45) is 12.3. The average Bonchev–Trinajstić information content (AvgIpc) is 2.47. The highest BCUT2D eigenvalue weighted by Crippen LogP contribution is 2.26. The van der Waals surface area contributed by atoms with Crippen LogP contribution in [-0.4, -0.2) is 11.0 Å². The lowest BCUT2D eigenvalue weighted by Crippen LogP contribution is -2.22. The summed E-state index contributed by atoms with van der Waals surface area (Å²) in [6.45, 7) is 0. The largest absolute Gasteiger partial charge is 0.366 e. The van der Waals surface area contributed by atoms with Gasteiger partial charge >= 0.3 is 0 Å². The molecule has 1 heterocycles. The van der Waals surface area contributed by atoms with Gasteiger partial charge in [-0.15, -0.1) is 0 Å². The van der Waals surface area contributed by atoms with Crippen molar-refractivity contribution in [1.29, 1.82) is 5.26 Å². The van der Waals surface area contributed by atoms with E-state index in [0.717, 1.165) is 37.9 Å². The van der Waals surface area contributed by atoms with Gasteiger partial charge in [-0.1, -0.05) is 12.2 Å². The van der Waals surface area contributed by atoms with Crippen LogP contribution in [0.4, 0.5) is 5.82 Å². The summed E-state index contributed by atoms with van der Waals surface area (Å²) < 4.78 is 0. The number of aromatic nitrogens is 1. The van der Waals surface area contributed by atoms with Crippen molar-refractivity contribution < 1.29 is 0 Å². The second-order valence-corrected chi connectivity index (χ2v) is 5.43. The fourth-order valence-corrected chi connectivity index (χ4v) is 2.95. The van der Waals surface area contributed by atoms with Crippen molar-refractivity contribution in [3.8, 4) is 6.07 Å². The highest BCUT2D eigenvalue weighted by atomic mass is 15.0. The van der Waals surface area contributed by atoms with Gasteiger partial charge in [0.15, 0.2) is 0 Å². The third-order valence-electron chi connectivity index (χ3n) is 4.03. The number of allylic oxidation sites excluding steroid dienone is 1. The van der Waals surface area contributed by atoms with Crippen molar-refractivity contribution in [3.63, 3.8) is 0 Å². The van der Waals surface area contributed by atoms with Gasteiger partial charge in [0.1, 0.15) is 11.9 Å². The fourth-order valence-electron chi connectivity index (χ4n) is 2.95. The Balaban J connectivity index is 1.87. The number of anilines is 1. The first-order valence-electron chi connectivity index (χ1n) is 7.21. The van der Waals surface area contributed by atoms with Gasteiger partial charge in [0.2, 0.25) is 0 Å². The van der Waals surface area contributed by atoms with Crippen LogP contribution >= 0.6 is 0 Å². The van der Waals surface area contributed by atoms with Crippen LogP contribution in [0, 0.1) is 11.3 Å². The van der Waals surface area contributed by atoms with Gasteiger partial charge in [-0.3, -0.25) is 0 Å². The molecule has 2 aliphatic carbocycles. The molecule has 0 aromatic carbocycles. The number of fused-ring (bicyclic) bond motifs is 1. The molecular weight excluding hydrogens is 234 g/mol. The number of hydrogen-bond donors (Lipinski definition) is 1. The third kappa shape index (κ3) is 2.63. The van der Waals surface area contributed by atoms with Crippen molar-refractivity contribution in [3.05, 3.63) is 35.0 Å². The van der Waals surface area contributed by atoms with E-state index in [0.29, 0.717) is 11.6 Å². The lowest BCUT2D eigenvalue weighted by Gasteiger charge is -2.22. The Morgan fingerprint density at radius 2 is 2.16 bits per heavy atom. The minimum absolute atomic E-state index is 0.422. The van der Waals surface area contributed by atoms with Crippen LogP contribution in [0.25, 0.3) is 0 Å². The van der Waals surface area contributed by atoms with Crippen molar-refractivity contribution in [2.75, 3.05) is 5.32 Å². The first-order chi connectivity index (χ1) is 9.36. The Kier molecular flexibility index (Phi) is 3.50. The van der Waals surface area contributed by atoms with Gasteiger partial charge in [0.05, 0.1) is 5.56 Å². The number of pyridine rings is 1. The molecule has 0 spiro atoms. The Hall–Kier alpha value is -1.82. The lowest BCUT2D eigenvalue weighted by atomic mass is 9.94. The summed E-state index contributed by atoms with van der Waals surface area (Å²) in [6, 6.07) is 4.76. The SMILES string of the molecule is N#Cc1cc2c(nc1NC1CC=CCC1)CCCC2. The summed E-state index contributed by atoms with van der Waals surface area (Å²) in [5, 5.41) is 12.8. The van der Waals surface area contributed by atoms with E-state index >= 15 is 0 Å². The van der Waals surface area contributed by atoms with E-state index in [2.05, 4.69) is 23.5 Å². The standard InChI is InChI=1S/C16H19N3/c17-11-13-10-12-6-4-5-9-15(12)19-16(13)18-14-7-2-1-3-8-14/h1-2,10,14H,3-9H2,(H,18,19). The molecular formula is C16H19N3. The molecule has 1 N–H and O–H groups in total. The van der Waals surface area contributed by atoms with E-state index in [9.17, 15) is 5.26 Å². The van der Waals surface area contributed by atoms with E-state index in [1.54, 1.807) is 0 Å². The number of nitrogens with zero attached hydrogens (tertiary/aromatic N) is 2. The normalized spacial score (nSPS) is 21.5. The second kappa shape index (κ2) is 5.44. The van der Waals surface area contributed by atoms with Crippen molar-refractivity contribution in [2.24, 2.45) is 0 Å². The minimum atomic E-state index is 0.422. The van der Waals surface area contributed by atoms with Gasteiger partial charge < -0.3 is 5.32 Å². The Morgan fingerprint density at radius 3 is 2.95 bits per heavy atom. The summed E-state index contributed by atoms with van der Waals surface area (Å²) in [4.78, 5) is 4.72. The zero-order valence-corrected chi connectivity index (χ0v) is 11.2. The third-order valence-corrected chi connectivity index (χ3v) is 4.03. The molecule has 0 saturated heterocycles. The lowest BCUT2D eigenvalue weighted by molar-refractivity contribution is 0.636. The molecule has 0 amide bonds. The molecule has 19 heavy (non-hydrogen) atoms. The predicted molar refractivity (Wildman–Crippen MR) is 76.0 cm³/mol. The highest BCUT2D eigenvalue weighted by Gasteiger charge is 2.17. The van der Waals surface area contributed by atoms with E-state index in [1.165, 1.54) is 24.1 Å². The van der Waals surface area contributed by atoms with Gasteiger partial charge in [0, 0.05) is 11.7 Å². The predicted octanol–water partition coefficient (Wildman–Crippen LogP) is 3.35. The van der Waals surface area contributed by atoms with Crippen LogP contribution in [0.15, 0.2) is 18.2 Å². The Bertz CT molecular complexity index is 540. The number of hydrogen-bond acceptors (Lipinski definition) is 3. The molecule has 0 bridgehead atoms. The van der Waals surface area contributed by atoms with Crippen LogP contribution in [0.1, 0.15) is 48.9 Å². The van der Waals surface area contributed by atoms with Crippen molar-refractivity contribution in [1.82, 2.24) is 4.98 Å². The van der Waals surface area contributed by atoms with Gasteiger partial charge in [0.25, 0.3) is 0 Å². The van der Waals surface area contributed by atoms with Crippen LogP contribution in [0.3, 0.4) is 0 Å². The maximum absolute atomic E-state index is 9.31. The Labute approximate surface area is 114 Å². The molecule has 1 aromatic heterocycles. The number of rotatable bonds is 2. The monoisotopic (exact) mass is 253 g/mol. The summed E-state index contributed by atoms with van der Waals surface area (Å²) in [5.41, 5.74) is 3.17. The summed E-state index contributed by atoms with van der Waals surface area (Å²) in [7, 11) is 0. The smallest absolute Gasteiger partial charge is 0.144 e. The maximum atomic E-state index is 9.31. The molecule has 3 nitrogen and oxygen atoms in total.